The zero-order valence-corrected chi connectivity index (χ0v) is 8.25. The molecular weight excluding hydrogens is 242 g/mol. The third-order valence-electron chi connectivity index (χ3n) is 1.63. The summed E-state index contributed by atoms with van der Waals surface area (Å²) >= 11 is 4.08. The Labute approximate surface area is 92.6 Å². The highest BCUT2D eigenvalue weighted by Crippen LogP contribution is 2.23. The number of halogens is 2. The van der Waals surface area contributed by atoms with E-state index in [1.54, 1.807) is 5.16 Å². The van der Waals surface area contributed by atoms with Crippen molar-refractivity contribution in [3.8, 4) is 0 Å². The lowest BCUT2D eigenvalue weighted by Crippen LogP contribution is -2.06. The number of benzene rings is 1. The molecule has 82 valence electrons. The van der Waals surface area contributed by atoms with E-state index in [9.17, 15) is 23.7 Å². The van der Waals surface area contributed by atoms with Gasteiger partial charge in [-0.2, -0.15) is 9.38 Å². The Hall–Kier alpha value is -2.05. The van der Waals surface area contributed by atoms with Crippen molar-refractivity contribution in [1.82, 2.24) is 0 Å². The van der Waals surface area contributed by atoms with Crippen LogP contribution < -0.4 is 0 Å². The summed E-state index contributed by atoms with van der Waals surface area (Å²) in [5, 5.41) is 12.0. The Morgan fingerprint density at radius 1 is 1.50 bits per heavy atom. The molecule has 0 saturated heterocycles. The summed E-state index contributed by atoms with van der Waals surface area (Å²) in [4.78, 5) is 23.2. The lowest BCUT2D eigenvalue weighted by molar-refractivity contribution is -0.387. The highest BCUT2D eigenvalue weighted by atomic mass is 32.1. The quantitative estimate of drug-likeness (QED) is 0.345. The number of amides is 1. The van der Waals surface area contributed by atoms with Gasteiger partial charge in [-0.15, -0.1) is 0 Å². The van der Waals surface area contributed by atoms with E-state index in [1.807, 2.05) is 0 Å². The number of thiocarbonyl (C=S) groups is 1. The van der Waals surface area contributed by atoms with Crippen LogP contribution >= 0.6 is 12.2 Å². The van der Waals surface area contributed by atoms with Gasteiger partial charge in [-0.25, -0.2) is 4.39 Å². The highest BCUT2D eigenvalue weighted by Gasteiger charge is 2.25. The summed E-state index contributed by atoms with van der Waals surface area (Å²) in [6.07, 6.45) is 0. The molecule has 0 spiro atoms. The standard InChI is InChI=1S/C8H2F2N2O3S/c9-4-1-2-5(12(14)15)7(10)6(4)8(13)11-3-16/h1-2H. The Bertz CT molecular complexity index is 526. The Balaban J connectivity index is 3.49. The molecule has 0 aliphatic rings. The normalized spacial score (nSPS) is 9.38. The average molecular weight is 244 g/mol. The van der Waals surface area contributed by atoms with Gasteiger partial charge in [0.25, 0.3) is 5.91 Å². The van der Waals surface area contributed by atoms with Crippen LogP contribution in [-0.2, 0) is 0 Å². The van der Waals surface area contributed by atoms with Crippen molar-refractivity contribution in [2.24, 2.45) is 4.99 Å². The summed E-state index contributed by atoms with van der Waals surface area (Å²) < 4.78 is 26.4. The van der Waals surface area contributed by atoms with Gasteiger partial charge < -0.3 is 0 Å². The maximum absolute atomic E-state index is 13.3. The first-order chi connectivity index (χ1) is 7.49. The molecule has 0 N–H and O–H groups in total. The summed E-state index contributed by atoms with van der Waals surface area (Å²) in [6.45, 7) is 0. The van der Waals surface area contributed by atoms with E-state index >= 15 is 0 Å². The van der Waals surface area contributed by atoms with Gasteiger partial charge in [0, 0.05) is 6.07 Å². The fourth-order valence-corrected chi connectivity index (χ4v) is 1.06. The number of rotatable bonds is 2. The smallest absolute Gasteiger partial charge is 0.266 e. The number of carbonyl (C=O) groups excluding carboxylic acids is 1. The fraction of sp³-hybridized carbons (Fsp3) is 0. The minimum Gasteiger partial charge on any atom is -0.266 e. The van der Waals surface area contributed by atoms with E-state index in [0.29, 0.717) is 12.1 Å². The van der Waals surface area contributed by atoms with Crippen LogP contribution in [-0.4, -0.2) is 16.0 Å². The largest absolute Gasteiger partial charge is 0.305 e. The van der Waals surface area contributed by atoms with Gasteiger partial charge in [-0.1, -0.05) is 0 Å². The van der Waals surface area contributed by atoms with Gasteiger partial charge in [0.2, 0.25) is 5.82 Å². The molecule has 0 bridgehead atoms. The summed E-state index contributed by atoms with van der Waals surface area (Å²) in [5.41, 5.74) is -2.13. The molecular formula is C8H2F2N2O3S. The van der Waals surface area contributed by atoms with Crippen LogP contribution in [0.4, 0.5) is 14.5 Å². The minimum absolute atomic E-state index is 0.605. The van der Waals surface area contributed by atoms with Crippen molar-refractivity contribution < 1.29 is 18.5 Å². The highest BCUT2D eigenvalue weighted by molar-refractivity contribution is 7.78. The molecule has 0 radical (unpaired) electrons. The molecule has 16 heavy (non-hydrogen) atoms. The zero-order chi connectivity index (χ0) is 12.3. The molecule has 1 rings (SSSR count). The van der Waals surface area contributed by atoms with Crippen LogP contribution in [0.15, 0.2) is 17.1 Å². The molecule has 0 aromatic heterocycles. The van der Waals surface area contributed by atoms with Crippen LogP contribution in [0.1, 0.15) is 10.4 Å². The summed E-state index contributed by atoms with van der Waals surface area (Å²) in [7, 11) is 0. The molecule has 0 atom stereocenters. The van der Waals surface area contributed by atoms with Crippen LogP contribution in [0.25, 0.3) is 0 Å². The minimum atomic E-state index is -1.58. The van der Waals surface area contributed by atoms with Crippen LogP contribution in [0.2, 0.25) is 0 Å². The van der Waals surface area contributed by atoms with Crippen LogP contribution in [0.3, 0.4) is 0 Å². The number of hydrogen-bond donors (Lipinski definition) is 0. The van der Waals surface area contributed by atoms with Crippen LogP contribution in [0, 0.1) is 21.7 Å². The first-order valence-corrected chi connectivity index (χ1v) is 4.14. The monoisotopic (exact) mass is 244 g/mol. The van der Waals surface area contributed by atoms with Gasteiger partial charge in [0.15, 0.2) is 0 Å². The van der Waals surface area contributed by atoms with E-state index in [1.165, 1.54) is 0 Å². The van der Waals surface area contributed by atoms with E-state index in [0.717, 1.165) is 0 Å². The maximum Gasteiger partial charge on any atom is 0.305 e. The van der Waals surface area contributed by atoms with Gasteiger partial charge in [0.05, 0.1) is 10.1 Å². The molecule has 8 heteroatoms. The molecule has 0 saturated carbocycles. The zero-order valence-electron chi connectivity index (χ0n) is 7.44. The van der Waals surface area contributed by atoms with E-state index in [-0.39, 0.29) is 0 Å². The topological polar surface area (TPSA) is 72.6 Å². The van der Waals surface area contributed by atoms with Gasteiger partial charge in [-0.05, 0) is 18.3 Å². The Morgan fingerprint density at radius 3 is 2.62 bits per heavy atom. The van der Waals surface area contributed by atoms with E-state index in [4.69, 9.17) is 0 Å². The van der Waals surface area contributed by atoms with E-state index < -0.39 is 33.7 Å². The van der Waals surface area contributed by atoms with Crippen molar-refractivity contribution in [1.29, 1.82) is 0 Å². The maximum atomic E-state index is 13.3. The molecule has 0 aliphatic heterocycles. The number of nitro groups is 1. The molecule has 0 unspecified atom stereocenters. The molecule has 1 amide bonds. The van der Waals surface area contributed by atoms with E-state index in [2.05, 4.69) is 17.2 Å². The number of nitro benzene ring substituents is 1. The molecule has 0 aliphatic carbocycles. The third-order valence-corrected chi connectivity index (χ3v) is 1.72. The van der Waals surface area contributed by atoms with Crippen molar-refractivity contribution in [3.05, 3.63) is 39.4 Å². The number of aliphatic imine (C=N–C) groups is 1. The predicted octanol–water partition coefficient (Wildman–Crippen LogP) is 2.12. The predicted molar refractivity (Wildman–Crippen MR) is 52.4 cm³/mol. The van der Waals surface area contributed by atoms with Gasteiger partial charge in [-0.3, -0.25) is 14.9 Å². The molecule has 1 aromatic carbocycles. The second-order valence-electron chi connectivity index (χ2n) is 2.52. The van der Waals surface area contributed by atoms with Crippen LogP contribution in [0.5, 0.6) is 0 Å². The Morgan fingerprint density at radius 2 is 2.12 bits per heavy atom. The van der Waals surface area contributed by atoms with Crippen molar-refractivity contribution in [3.63, 3.8) is 0 Å². The summed E-state index contributed by atoms with van der Waals surface area (Å²) in [5.74, 6) is -4.18. The Kier molecular flexibility index (Phi) is 3.49. The third kappa shape index (κ3) is 2.13. The molecule has 5 nitrogen and oxygen atoms in total. The molecule has 0 heterocycles. The van der Waals surface area contributed by atoms with Crippen molar-refractivity contribution in [2.75, 3.05) is 0 Å². The number of isothiocyanates is 1. The lowest BCUT2D eigenvalue weighted by Gasteiger charge is -2.00. The summed E-state index contributed by atoms with van der Waals surface area (Å²) in [6, 6.07) is 1.22. The fourth-order valence-electron chi connectivity index (χ4n) is 0.976. The average Bonchev–Trinajstić information content (AvgIpc) is 2.17. The number of nitrogens with zero attached hydrogens (tertiary/aromatic N) is 2. The lowest BCUT2D eigenvalue weighted by atomic mass is 10.1. The second kappa shape index (κ2) is 4.65. The van der Waals surface area contributed by atoms with Gasteiger partial charge >= 0.3 is 5.69 Å². The first-order valence-electron chi connectivity index (χ1n) is 3.73. The second-order valence-corrected chi connectivity index (χ2v) is 2.70. The molecule has 1 aromatic rings. The van der Waals surface area contributed by atoms with Gasteiger partial charge in [0.1, 0.15) is 11.4 Å². The number of carbonyl (C=O) groups is 1. The first kappa shape index (κ1) is 12.0. The number of hydrogen-bond acceptors (Lipinski definition) is 4. The van der Waals surface area contributed by atoms with Crippen molar-refractivity contribution >= 4 is 29.0 Å². The molecule has 0 fully saturated rings. The van der Waals surface area contributed by atoms with Crippen molar-refractivity contribution in [2.45, 2.75) is 0 Å². The SMILES string of the molecule is O=C(N=C=S)c1c(F)ccc([N+](=O)[O-])c1F.